The van der Waals surface area contributed by atoms with Crippen molar-refractivity contribution >= 4 is 0 Å². The van der Waals surface area contributed by atoms with Gasteiger partial charge in [0.2, 0.25) is 0 Å². The quantitative estimate of drug-likeness (QED) is 0.666. The van der Waals surface area contributed by atoms with Crippen LogP contribution in [-0.4, -0.2) is 35.2 Å². The molecule has 1 aliphatic carbocycles. The van der Waals surface area contributed by atoms with Gasteiger partial charge < -0.3 is 10.0 Å². The van der Waals surface area contributed by atoms with Gasteiger partial charge in [-0.1, -0.05) is 6.92 Å². The number of likely N-dealkylation sites (tertiary alicyclic amines) is 1. The van der Waals surface area contributed by atoms with Gasteiger partial charge in [0.05, 0.1) is 5.60 Å². The van der Waals surface area contributed by atoms with Gasteiger partial charge in [-0.2, -0.15) is 0 Å². The zero-order valence-electron chi connectivity index (χ0n) is 8.79. The van der Waals surface area contributed by atoms with Crippen LogP contribution in [0.15, 0.2) is 0 Å². The summed E-state index contributed by atoms with van der Waals surface area (Å²) in [5, 5.41) is 10.0. The van der Waals surface area contributed by atoms with Crippen LogP contribution in [0.2, 0.25) is 0 Å². The second-order valence-electron chi connectivity index (χ2n) is 5.23. The molecule has 1 saturated heterocycles. The van der Waals surface area contributed by atoms with Crippen molar-refractivity contribution in [2.45, 2.75) is 38.7 Å². The lowest BCUT2D eigenvalue weighted by Gasteiger charge is -2.46. The highest BCUT2D eigenvalue weighted by Crippen LogP contribution is 2.39. The Bertz CT molecular complexity index is 175. The maximum absolute atomic E-state index is 10.0. The minimum absolute atomic E-state index is 0.368. The van der Waals surface area contributed by atoms with Crippen molar-refractivity contribution in [3.05, 3.63) is 0 Å². The van der Waals surface area contributed by atoms with E-state index >= 15 is 0 Å². The molecular weight excluding hydrogens is 162 g/mol. The number of aliphatic hydroxyl groups is 1. The Morgan fingerprint density at radius 1 is 1.31 bits per heavy atom. The van der Waals surface area contributed by atoms with Gasteiger partial charge in [-0.25, -0.2) is 0 Å². The summed E-state index contributed by atoms with van der Waals surface area (Å²) in [6, 6.07) is 0. The number of hydrogen-bond acceptors (Lipinski definition) is 2. The molecule has 0 spiro atoms. The standard InChI is InChI=1S/C11H21NO/c1-3-12-7-9-4-10(8-12)6-11(2,13)5-9/h9-10,13H,3-8H2,1-2H3. The molecule has 2 heteroatoms. The van der Waals surface area contributed by atoms with Gasteiger partial charge in [0.25, 0.3) is 0 Å². The number of nitrogens with zero attached hydrogens (tertiary/aromatic N) is 1. The summed E-state index contributed by atoms with van der Waals surface area (Å²) in [5.74, 6) is 1.50. The van der Waals surface area contributed by atoms with Crippen molar-refractivity contribution in [3.63, 3.8) is 0 Å². The molecule has 13 heavy (non-hydrogen) atoms. The van der Waals surface area contributed by atoms with E-state index in [0.717, 1.165) is 24.7 Å². The molecule has 2 bridgehead atoms. The lowest BCUT2D eigenvalue weighted by atomic mass is 9.71. The Labute approximate surface area is 80.9 Å². The lowest BCUT2D eigenvalue weighted by Crippen LogP contribution is -2.49. The topological polar surface area (TPSA) is 23.5 Å². The summed E-state index contributed by atoms with van der Waals surface area (Å²) in [6.45, 7) is 7.84. The first-order valence-corrected chi connectivity index (χ1v) is 5.54. The zero-order chi connectivity index (χ0) is 9.47. The monoisotopic (exact) mass is 183 g/mol. The summed E-state index contributed by atoms with van der Waals surface area (Å²) in [5.41, 5.74) is -0.368. The van der Waals surface area contributed by atoms with Crippen molar-refractivity contribution in [2.24, 2.45) is 11.8 Å². The molecule has 1 N–H and O–H groups in total. The van der Waals surface area contributed by atoms with Crippen LogP contribution in [0, 0.1) is 11.8 Å². The molecule has 1 aliphatic heterocycles. The third kappa shape index (κ3) is 2.05. The number of piperidine rings is 1. The predicted molar refractivity (Wildman–Crippen MR) is 53.6 cm³/mol. The summed E-state index contributed by atoms with van der Waals surface area (Å²) in [7, 11) is 0. The van der Waals surface area contributed by atoms with E-state index in [1.165, 1.54) is 26.1 Å². The molecule has 2 aliphatic rings. The molecule has 2 rings (SSSR count). The normalized spacial score (nSPS) is 46.4. The zero-order valence-corrected chi connectivity index (χ0v) is 8.79. The van der Waals surface area contributed by atoms with Gasteiger partial charge in [0.1, 0.15) is 0 Å². The van der Waals surface area contributed by atoms with Gasteiger partial charge in [0, 0.05) is 13.1 Å². The highest BCUT2D eigenvalue weighted by Gasteiger charge is 2.39. The Morgan fingerprint density at radius 2 is 1.85 bits per heavy atom. The van der Waals surface area contributed by atoms with E-state index in [0.29, 0.717) is 0 Å². The van der Waals surface area contributed by atoms with E-state index in [1.54, 1.807) is 0 Å². The summed E-state index contributed by atoms with van der Waals surface area (Å²) in [4.78, 5) is 2.54. The maximum Gasteiger partial charge on any atom is 0.0626 e. The minimum atomic E-state index is -0.368. The van der Waals surface area contributed by atoms with E-state index in [9.17, 15) is 5.11 Å². The number of fused-ring (bicyclic) bond motifs is 2. The number of hydrogen-bond donors (Lipinski definition) is 1. The molecular formula is C11H21NO. The molecule has 76 valence electrons. The molecule has 1 heterocycles. The fraction of sp³-hybridized carbons (Fsp3) is 1.00. The first kappa shape index (κ1) is 9.47. The largest absolute Gasteiger partial charge is 0.390 e. The maximum atomic E-state index is 10.0. The van der Waals surface area contributed by atoms with Crippen molar-refractivity contribution in [3.8, 4) is 0 Å². The summed E-state index contributed by atoms with van der Waals surface area (Å²) >= 11 is 0. The predicted octanol–water partition coefficient (Wildman–Crippen LogP) is 1.49. The molecule has 0 aromatic rings. The van der Waals surface area contributed by atoms with Gasteiger partial charge in [-0.3, -0.25) is 0 Å². The molecule has 0 radical (unpaired) electrons. The van der Waals surface area contributed by atoms with Crippen molar-refractivity contribution in [2.75, 3.05) is 19.6 Å². The molecule has 2 atom stereocenters. The van der Waals surface area contributed by atoms with Crippen LogP contribution in [0.25, 0.3) is 0 Å². The van der Waals surface area contributed by atoms with Crippen LogP contribution in [0.1, 0.15) is 33.1 Å². The first-order chi connectivity index (χ1) is 6.09. The third-order valence-corrected chi connectivity index (χ3v) is 3.60. The van der Waals surface area contributed by atoms with E-state index in [4.69, 9.17) is 0 Å². The highest BCUT2D eigenvalue weighted by atomic mass is 16.3. The molecule has 1 saturated carbocycles. The summed E-state index contributed by atoms with van der Waals surface area (Å²) < 4.78 is 0. The van der Waals surface area contributed by atoms with Crippen molar-refractivity contribution in [1.29, 1.82) is 0 Å². The van der Waals surface area contributed by atoms with E-state index in [1.807, 2.05) is 6.92 Å². The Balaban J connectivity index is 2.01. The average Bonchev–Trinajstić information content (AvgIpc) is 1.99. The van der Waals surface area contributed by atoms with Crippen molar-refractivity contribution < 1.29 is 5.11 Å². The first-order valence-electron chi connectivity index (χ1n) is 5.54. The van der Waals surface area contributed by atoms with Gasteiger partial charge in [-0.05, 0) is 44.6 Å². The summed E-state index contributed by atoms with van der Waals surface area (Å²) in [6.07, 6.45) is 3.38. The van der Waals surface area contributed by atoms with Crippen LogP contribution in [-0.2, 0) is 0 Å². The highest BCUT2D eigenvalue weighted by molar-refractivity contribution is 4.92. The smallest absolute Gasteiger partial charge is 0.0626 e. The Morgan fingerprint density at radius 3 is 2.31 bits per heavy atom. The van der Waals surface area contributed by atoms with Crippen LogP contribution in [0.5, 0.6) is 0 Å². The molecule has 2 fully saturated rings. The van der Waals surface area contributed by atoms with E-state index in [-0.39, 0.29) is 5.60 Å². The molecule has 2 nitrogen and oxygen atoms in total. The minimum Gasteiger partial charge on any atom is -0.390 e. The Hall–Kier alpha value is -0.0800. The average molecular weight is 183 g/mol. The Kier molecular flexibility index (Phi) is 2.37. The molecule has 0 aromatic heterocycles. The second kappa shape index (κ2) is 3.25. The van der Waals surface area contributed by atoms with Crippen LogP contribution >= 0.6 is 0 Å². The molecule has 2 unspecified atom stereocenters. The fourth-order valence-corrected chi connectivity index (χ4v) is 3.31. The van der Waals surface area contributed by atoms with Gasteiger partial charge >= 0.3 is 0 Å². The SMILES string of the molecule is CCN1CC2CC(C1)CC(C)(O)C2. The second-order valence-corrected chi connectivity index (χ2v) is 5.23. The van der Waals surface area contributed by atoms with E-state index in [2.05, 4.69) is 11.8 Å². The third-order valence-electron chi connectivity index (χ3n) is 3.60. The van der Waals surface area contributed by atoms with Gasteiger partial charge in [-0.15, -0.1) is 0 Å². The lowest BCUT2D eigenvalue weighted by molar-refractivity contribution is -0.0556. The van der Waals surface area contributed by atoms with Crippen LogP contribution in [0.4, 0.5) is 0 Å². The van der Waals surface area contributed by atoms with Crippen molar-refractivity contribution in [1.82, 2.24) is 4.90 Å². The van der Waals surface area contributed by atoms with E-state index < -0.39 is 0 Å². The van der Waals surface area contributed by atoms with Crippen LogP contribution < -0.4 is 0 Å². The molecule has 0 amide bonds. The molecule has 0 aromatic carbocycles. The van der Waals surface area contributed by atoms with Gasteiger partial charge in [0.15, 0.2) is 0 Å². The number of rotatable bonds is 1. The fourth-order valence-electron chi connectivity index (χ4n) is 3.31. The van der Waals surface area contributed by atoms with Crippen LogP contribution in [0.3, 0.4) is 0 Å².